The fourth-order valence-corrected chi connectivity index (χ4v) is 3.27. The van der Waals surface area contributed by atoms with E-state index in [1.807, 2.05) is 12.2 Å². The van der Waals surface area contributed by atoms with Crippen molar-refractivity contribution in [2.45, 2.75) is 19.3 Å². The summed E-state index contributed by atoms with van der Waals surface area (Å²) in [6, 6.07) is 5.32. The number of halogens is 1. The van der Waals surface area contributed by atoms with Gasteiger partial charge in [-0.1, -0.05) is 18.2 Å². The Morgan fingerprint density at radius 3 is 2.44 bits per heavy atom. The van der Waals surface area contributed by atoms with E-state index in [4.69, 9.17) is 4.74 Å². The first-order valence-corrected chi connectivity index (χ1v) is 8.67. The maximum absolute atomic E-state index is 13.1. The second-order valence-electron chi connectivity index (χ2n) is 6.45. The molecule has 0 saturated carbocycles. The lowest BCUT2D eigenvalue weighted by Gasteiger charge is -2.14. The van der Waals surface area contributed by atoms with Crippen LogP contribution in [0.1, 0.15) is 19.3 Å². The maximum atomic E-state index is 13.1. The highest BCUT2D eigenvalue weighted by Crippen LogP contribution is 2.34. The van der Waals surface area contributed by atoms with Crippen molar-refractivity contribution in [3.05, 3.63) is 42.2 Å². The fourth-order valence-electron chi connectivity index (χ4n) is 3.27. The number of likely N-dealkylation sites (tertiary alicyclic amines) is 1. The SMILES string of the molecule is O=C(COC(=O)CCN1C(=O)[C@@H]2CC=CC[C@H]2C1=O)Nc1cccc(F)c1. The van der Waals surface area contributed by atoms with Crippen molar-refractivity contribution in [2.75, 3.05) is 18.5 Å². The first-order chi connectivity index (χ1) is 13.0. The van der Waals surface area contributed by atoms with Crippen LogP contribution in [-0.4, -0.2) is 41.7 Å². The van der Waals surface area contributed by atoms with Crippen molar-refractivity contribution in [1.29, 1.82) is 0 Å². The molecule has 0 spiro atoms. The fraction of sp³-hybridized carbons (Fsp3) is 0.368. The highest BCUT2D eigenvalue weighted by molar-refractivity contribution is 6.05. The Balaban J connectivity index is 1.43. The van der Waals surface area contributed by atoms with E-state index in [9.17, 15) is 23.6 Å². The van der Waals surface area contributed by atoms with Crippen molar-refractivity contribution in [3.8, 4) is 0 Å². The van der Waals surface area contributed by atoms with Crippen LogP contribution in [0.15, 0.2) is 36.4 Å². The van der Waals surface area contributed by atoms with Crippen LogP contribution in [0.4, 0.5) is 10.1 Å². The molecule has 1 saturated heterocycles. The average Bonchev–Trinajstić information content (AvgIpc) is 2.89. The zero-order valence-corrected chi connectivity index (χ0v) is 14.5. The van der Waals surface area contributed by atoms with Gasteiger partial charge in [-0.25, -0.2) is 4.39 Å². The van der Waals surface area contributed by atoms with E-state index < -0.39 is 24.3 Å². The molecule has 0 aromatic heterocycles. The summed E-state index contributed by atoms with van der Waals surface area (Å²) >= 11 is 0. The van der Waals surface area contributed by atoms with Gasteiger partial charge in [-0.2, -0.15) is 0 Å². The number of rotatable bonds is 6. The third-order valence-corrected chi connectivity index (χ3v) is 4.61. The van der Waals surface area contributed by atoms with Crippen molar-refractivity contribution in [2.24, 2.45) is 11.8 Å². The molecule has 1 fully saturated rings. The number of carbonyl (C=O) groups excluding carboxylic acids is 4. The Hall–Kier alpha value is -3.03. The molecule has 8 heteroatoms. The smallest absolute Gasteiger partial charge is 0.308 e. The molecule has 3 amide bonds. The van der Waals surface area contributed by atoms with Crippen LogP contribution < -0.4 is 5.32 Å². The number of nitrogens with one attached hydrogen (secondary N) is 1. The van der Waals surface area contributed by atoms with Crippen LogP contribution in [0, 0.1) is 17.7 Å². The molecule has 0 bridgehead atoms. The second-order valence-corrected chi connectivity index (χ2v) is 6.45. The summed E-state index contributed by atoms with van der Waals surface area (Å²) in [4.78, 5) is 49.2. The number of carbonyl (C=O) groups is 4. The van der Waals surface area contributed by atoms with Crippen LogP contribution in [-0.2, 0) is 23.9 Å². The third-order valence-electron chi connectivity index (χ3n) is 4.61. The number of allylic oxidation sites excluding steroid dienone is 2. The zero-order valence-electron chi connectivity index (χ0n) is 14.5. The van der Waals surface area contributed by atoms with Gasteiger partial charge < -0.3 is 10.1 Å². The molecule has 1 N–H and O–H groups in total. The highest BCUT2D eigenvalue weighted by Gasteiger charge is 2.46. The van der Waals surface area contributed by atoms with Crippen LogP contribution >= 0.6 is 0 Å². The van der Waals surface area contributed by atoms with Crippen LogP contribution in [0.3, 0.4) is 0 Å². The number of esters is 1. The number of anilines is 1. The van der Waals surface area contributed by atoms with E-state index in [-0.39, 0.29) is 42.3 Å². The molecule has 1 aromatic carbocycles. The number of imide groups is 1. The summed E-state index contributed by atoms with van der Waals surface area (Å²) in [5.74, 6) is -3.00. The molecule has 0 unspecified atom stereocenters. The molecule has 1 heterocycles. The molecule has 142 valence electrons. The Labute approximate surface area is 155 Å². The van der Waals surface area contributed by atoms with Crippen molar-refractivity contribution >= 4 is 29.4 Å². The van der Waals surface area contributed by atoms with Gasteiger partial charge in [-0.3, -0.25) is 24.1 Å². The minimum absolute atomic E-state index is 0.0605. The summed E-state index contributed by atoms with van der Waals surface area (Å²) in [5.41, 5.74) is 0.250. The monoisotopic (exact) mass is 374 g/mol. The minimum atomic E-state index is -0.696. The third kappa shape index (κ3) is 4.39. The summed E-state index contributed by atoms with van der Waals surface area (Å²) in [5, 5.41) is 2.40. The number of amides is 3. The standard InChI is InChI=1S/C19H19FN2O5/c20-12-4-3-5-13(10-12)21-16(23)11-27-17(24)8-9-22-18(25)14-6-1-2-7-15(14)19(22)26/h1-5,10,14-15H,6-9,11H2,(H,21,23)/t14-,15-/m1/s1. The van der Waals surface area contributed by atoms with Crippen LogP contribution in [0.2, 0.25) is 0 Å². The highest BCUT2D eigenvalue weighted by atomic mass is 19.1. The summed E-state index contributed by atoms with van der Waals surface area (Å²) < 4.78 is 17.9. The predicted molar refractivity (Wildman–Crippen MR) is 92.7 cm³/mol. The lowest BCUT2D eigenvalue weighted by molar-refractivity contribution is -0.148. The first-order valence-electron chi connectivity index (χ1n) is 8.67. The number of nitrogens with zero attached hydrogens (tertiary/aromatic N) is 1. The van der Waals surface area contributed by atoms with E-state index in [1.165, 1.54) is 18.2 Å². The maximum Gasteiger partial charge on any atom is 0.308 e. The predicted octanol–water partition coefficient (Wildman–Crippen LogP) is 1.65. The Bertz CT molecular complexity index is 781. The topological polar surface area (TPSA) is 92.8 Å². The van der Waals surface area contributed by atoms with Gasteiger partial charge >= 0.3 is 5.97 Å². The Morgan fingerprint density at radius 2 is 1.81 bits per heavy atom. The van der Waals surface area contributed by atoms with E-state index in [0.29, 0.717) is 12.8 Å². The van der Waals surface area contributed by atoms with Crippen molar-refractivity contribution in [1.82, 2.24) is 4.90 Å². The molecule has 0 radical (unpaired) electrons. The van der Waals surface area contributed by atoms with E-state index in [0.717, 1.165) is 11.0 Å². The zero-order chi connectivity index (χ0) is 19.4. The number of hydrogen-bond acceptors (Lipinski definition) is 5. The molecule has 1 aliphatic heterocycles. The van der Waals surface area contributed by atoms with Crippen molar-refractivity contribution in [3.63, 3.8) is 0 Å². The summed E-state index contributed by atoms with van der Waals surface area (Å²) in [6.45, 7) is -0.596. The van der Waals surface area contributed by atoms with E-state index in [1.54, 1.807) is 0 Å². The molecule has 1 aromatic rings. The summed E-state index contributed by atoms with van der Waals surface area (Å²) in [6.07, 6.45) is 4.67. The molecule has 3 rings (SSSR count). The van der Waals surface area contributed by atoms with E-state index in [2.05, 4.69) is 5.32 Å². The van der Waals surface area contributed by atoms with Gasteiger partial charge in [-0.05, 0) is 31.0 Å². The Kier molecular flexibility index (Phi) is 5.63. The number of hydrogen-bond donors (Lipinski definition) is 1. The molecular weight excluding hydrogens is 355 g/mol. The molecule has 2 aliphatic rings. The van der Waals surface area contributed by atoms with Gasteiger partial charge in [-0.15, -0.1) is 0 Å². The molecule has 1 aliphatic carbocycles. The van der Waals surface area contributed by atoms with Crippen LogP contribution in [0.25, 0.3) is 0 Å². The summed E-state index contributed by atoms with van der Waals surface area (Å²) in [7, 11) is 0. The van der Waals surface area contributed by atoms with Gasteiger partial charge in [0.25, 0.3) is 5.91 Å². The van der Waals surface area contributed by atoms with E-state index >= 15 is 0 Å². The first kappa shape index (κ1) is 18.8. The van der Waals surface area contributed by atoms with Gasteiger partial charge in [0.1, 0.15) is 5.82 Å². The largest absolute Gasteiger partial charge is 0.456 e. The van der Waals surface area contributed by atoms with Crippen molar-refractivity contribution < 1.29 is 28.3 Å². The number of fused-ring (bicyclic) bond motifs is 1. The average molecular weight is 374 g/mol. The molecule has 27 heavy (non-hydrogen) atoms. The lowest BCUT2D eigenvalue weighted by atomic mass is 9.85. The quantitative estimate of drug-likeness (QED) is 0.464. The molecule has 2 atom stereocenters. The molecule has 7 nitrogen and oxygen atoms in total. The Morgan fingerprint density at radius 1 is 1.15 bits per heavy atom. The lowest BCUT2D eigenvalue weighted by Crippen LogP contribution is -2.33. The van der Waals surface area contributed by atoms with Gasteiger partial charge in [0.15, 0.2) is 6.61 Å². The number of benzene rings is 1. The van der Waals surface area contributed by atoms with Gasteiger partial charge in [0.2, 0.25) is 11.8 Å². The molecular formula is C19H19FN2O5. The number of ether oxygens (including phenoxy) is 1. The van der Waals surface area contributed by atoms with Gasteiger partial charge in [0, 0.05) is 12.2 Å². The second kappa shape index (κ2) is 8.11. The van der Waals surface area contributed by atoms with Gasteiger partial charge in [0.05, 0.1) is 18.3 Å². The normalized spacial score (nSPS) is 21.1. The minimum Gasteiger partial charge on any atom is -0.456 e. The van der Waals surface area contributed by atoms with Crippen LogP contribution in [0.5, 0.6) is 0 Å².